The Morgan fingerprint density at radius 3 is 2.62 bits per heavy atom. The largest absolute Gasteiger partial charge is 0.484 e. The van der Waals surface area contributed by atoms with Gasteiger partial charge in [-0.1, -0.05) is 37.8 Å². The van der Waals surface area contributed by atoms with E-state index in [0.29, 0.717) is 61.5 Å². The molecular formula is C27H35F3N4O4S. The van der Waals surface area contributed by atoms with Crippen molar-refractivity contribution in [3.8, 4) is 5.75 Å². The van der Waals surface area contributed by atoms with Gasteiger partial charge in [0.25, 0.3) is 5.91 Å². The van der Waals surface area contributed by atoms with Crippen LogP contribution in [0.3, 0.4) is 0 Å². The van der Waals surface area contributed by atoms with Crippen LogP contribution in [0.5, 0.6) is 5.75 Å². The number of carbonyl (C=O) groups is 1. The Balaban J connectivity index is 1.26. The summed E-state index contributed by atoms with van der Waals surface area (Å²) in [7, 11) is -3.48. The number of alkyl halides is 3. The predicted molar refractivity (Wildman–Crippen MR) is 139 cm³/mol. The van der Waals surface area contributed by atoms with Crippen molar-refractivity contribution in [1.29, 1.82) is 0 Å². The second kappa shape index (κ2) is 11.5. The van der Waals surface area contributed by atoms with Crippen molar-refractivity contribution in [2.45, 2.75) is 94.8 Å². The molecule has 3 aliphatic rings. The molecule has 8 nitrogen and oxygen atoms in total. The summed E-state index contributed by atoms with van der Waals surface area (Å²) in [5, 5.41) is 7.41. The van der Waals surface area contributed by atoms with E-state index in [1.54, 1.807) is 12.1 Å². The zero-order valence-corrected chi connectivity index (χ0v) is 22.6. The van der Waals surface area contributed by atoms with Crippen molar-refractivity contribution >= 4 is 15.9 Å². The quantitative estimate of drug-likeness (QED) is 0.398. The molecule has 2 saturated carbocycles. The highest BCUT2D eigenvalue weighted by atomic mass is 32.2. The van der Waals surface area contributed by atoms with Gasteiger partial charge in [0.2, 0.25) is 10.0 Å². The minimum atomic E-state index is -4.41. The molecule has 0 unspecified atom stereocenters. The van der Waals surface area contributed by atoms with Crippen LogP contribution in [0.15, 0.2) is 24.3 Å². The molecule has 2 aromatic rings. The van der Waals surface area contributed by atoms with Crippen LogP contribution in [-0.4, -0.2) is 48.2 Å². The third-order valence-corrected chi connectivity index (χ3v) is 9.74. The minimum Gasteiger partial charge on any atom is -0.484 e. The Kier molecular flexibility index (Phi) is 8.23. The van der Waals surface area contributed by atoms with Crippen molar-refractivity contribution in [3.63, 3.8) is 0 Å². The number of halogens is 3. The molecule has 0 saturated heterocycles. The van der Waals surface area contributed by atoms with E-state index in [4.69, 9.17) is 9.84 Å². The molecule has 1 aliphatic heterocycles. The first-order chi connectivity index (χ1) is 18.6. The van der Waals surface area contributed by atoms with Crippen molar-refractivity contribution in [2.24, 2.45) is 5.92 Å². The first-order valence-corrected chi connectivity index (χ1v) is 15.3. The van der Waals surface area contributed by atoms with E-state index in [2.05, 4.69) is 10.0 Å². The van der Waals surface area contributed by atoms with E-state index in [1.807, 2.05) is 10.7 Å². The maximum Gasteiger partial charge on any atom is 0.422 e. The standard InChI is InChI=1S/C27H35F3N4O4S/c28-27(29,30)17-38-21-5-3-4-19(14-21)10-11-20-15-23-25(26(35)32-20)24(34(33-23)13-12-18-8-9-18)16-31-39(36,37)22-6-1-2-7-22/h3-5,14,18,20,22,31H,1-2,6-13,15-17H2,(H,32,35)/t20-/m0/s1. The minimum absolute atomic E-state index is 0.0363. The second-order valence-corrected chi connectivity index (χ2v) is 13.0. The zero-order valence-electron chi connectivity index (χ0n) is 21.8. The fourth-order valence-electron chi connectivity index (χ4n) is 5.53. The van der Waals surface area contributed by atoms with Gasteiger partial charge in [-0.15, -0.1) is 0 Å². The number of hydrogen-bond acceptors (Lipinski definition) is 5. The number of sulfonamides is 1. The van der Waals surface area contributed by atoms with Crippen LogP contribution in [-0.2, 0) is 36.0 Å². The Morgan fingerprint density at radius 2 is 1.90 bits per heavy atom. The molecule has 0 spiro atoms. The predicted octanol–water partition coefficient (Wildman–Crippen LogP) is 4.27. The fourth-order valence-corrected chi connectivity index (χ4v) is 7.06. The van der Waals surface area contributed by atoms with Gasteiger partial charge in [0.05, 0.1) is 28.7 Å². The summed E-state index contributed by atoms with van der Waals surface area (Å²) >= 11 is 0. The summed E-state index contributed by atoms with van der Waals surface area (Å²) in [6.45, 7) is -0.671. The molecule has 5 rings (SSSR count). The number of fused-ring (bicyclic) bond motifs is 1. The Hall–Kier alpha value is -2.60. The van der Waals surface area contributed by atoms with E-state index in [1.165, 1.54) is 18.9 Å². The van der Waals surface area contributed by atoms with Crippen molar-refractivity contribution in [2.75, 3.05) is 6.61 Å². The lowest BCUT2D eigenvalue weighted by molar-refractivity contribution is -0.153. The molecule has 0 radical (unpaired) electrons. The number of aryl methyl sites for hydroxylation is 2. The first-order valence-electron chi connectivity index (χ1n) is 13.7. The molecular weight excluding hydrogens is 533 g/mol. The average molecular weight is 569 g/mol. The Labute approximate surface area is 226 Å². The Morgan fingerprint density at radius 1 is 1.13 bits per heavy atom. The average Bonchev–Trinajstić information content (AvgIpc) is 3.39. The van der Waals surface area contributed by atoms with Gasteiger partial charge in [-0.3, -0.25) is 9.48 Å². The molecule has 12 heteroatoms. The van der Waals surface area contributed by atoms with Crippen molar-refractivity contribution in [1.82, 2.24) is 19.8 Å². The lowest BCUT2D eigenvalue weighted by Gasteiger charge is -2.23. The van der Waals surface area contributed by atoms with Crippen LogP contribution < -0.4 is 14.8 Å². The molecule has 1 aromatic heterocycles. The van der Waals surface area contributed by atoms with Crippen molar-refractivity contribution in [3.05, 3.63) is 46.8 Å². The number of amides is 1. The summed E-state index contributed by atoms with van der Waals surface area (Å²) in [6, 6.07) is 6.35. The maximum absolute atomic E-state index is 13.2. The summed E-state index contributed by atoms with van der Waals surface area (Å²) in [6.07, 6.45) is 3.69. The normalized spacial score (nSPS) is 20.2. The third-order valence-electron chi connectivity index (χ3n) is 7.84. The summed E-state index contributed by atoms with van der Waals surface area (Å²) in [5.41, 5.74) is 2.54. The van der Waals surface area contributed by atoms with E-state index < -0.39 is 22.8 Å². The second-order valence-electron chi connectivity index (χ2n) is 11.0. The topological polar surface area (TPSA) is 102 Å². The number of carbonyl (C=O) groups excluding carboxylic acids is 1. The van der Waals surface area contributed by atoms with Gasteiger partial charge in [0, 0.05) is 19.0 Å². The number of ether oxygens (including phenoxy) is 1. The van der Waals surface area contributed by atoms with Gasteiger partial charge < -0.3 is 10.1 Å². The highest BCUT2D eigenvalue weighted by molar-refractivity contribution is 7.90. The van der Waals surface area contributed by atoms with Crippen LogP contribution >= 0.6 is 0 Å². The molecule has 2 N–H and O–H groups in total. The van der Waals surface area contributed by atoms with E-state index in [0.717, 1.165) is 24.8 Å². The van der Waals surface area contributed by atoms with Crippen LogP contribution in [0.1, 0.15) is 78.7 Å². The third kappa shape index (κ3) is 7.33. The van der Waals surface area contributed by atoms with Crippen LogP contribution in [0.2, 0.25) is 0 Å². The zero-order chi connectivity index (χ0) is 27.6. The number of benzene rings is 1. The number of aromatic nitrogens is 2. The van der Waals surface area contributed by atoms with Gasteiger partial charge in [-0.25, -0.2) is 13.1 Å². The molecule has 1 amide bonds. The van der Waals surface area contributed by atoms with Gasteiger partial charge in [0.15, 0.2) is 6.61 Å². The van der Waals surface area contributed by atoms with Crippen LogP contribution in [0.25, 0.3) is 0 Å². The summed E-state index contributed by atoms with van der Waals surface area (Å²) in [4.78, 5) is 13.2. The monoisotopic (exact) mass is 568 g/mol. The van der Waals surface area contributed by atoms with Crippen molar-refractivity contribution < 1.29 is 31.1 Å². The molecule has 39 heavy (non-hydrogen) atoms. The van der Waals surface area contributed by atoms with Gasteiger partial charge >= 0.3 is 6.18 Å². The smallest absolute Gasteiger partial charge is 0.422 e. The highest BCUT2D eigenvalue weighted by Crippen LogP contribution is 2.33. The first kappa shape index (κ1) is 27.9. The molecule has 1 atom stereocenters. The fraction of sp³-hybridized carbons (Fsp3) is 0.630. The van der Waals surface area contributed by atoms with Crippen LogP contribution in [0, 0.1) is 5.92 Å². The molecule has 0 bridgehead atoms. The lowest BCUT2D eigenvalue weighted by atomic mass is 9.95. The van der Waals surface area contributed by atoms with Gasteiger partial charge in [0.1, 0.15) is 5.75 Å². The Bertz CT molecular complexity index is 1280. The number of nitrogens with zero attached hydrogens (tertiary/aromatic N) is 2. The van der Waals surface area contributed by atoms with E-state index in [-0.39, 0.29) is 29.5 Å². The van der Waals surface area contributed by atoms with Gasteiger partial charge in [-0.2, -0.15) is 18.3 Å². The maximum atomic E-state index is 13.2. The summed E-state index contributed by atoms with van der Waals surface area (Å²) in [5.74, 6) is 0.543. The van der Waals surface area contributed by atoms with E-state index >= 15 is 0 Å². The molecule has 2 heterocycles. The van der Waals surface area contributed by atoms with Gasteiger partial charge in [-0.05, 0) is 55.7 Å². The number of nitrogens with one attached hydrogen (secondary N) is 2. The molecule has 2 aliphatic carbocycles. The molecule has 1 aromatic carbocycles. The SMILES string of the molecule is O=C1N[C@@H](CCc2cccc(OCC(F)(F)F)c2)Cc2nn(CCC3CC3)c(CNS(=O)(=O)C3CCCC3)c21. The van der Waals surface area contributed by atoms with E-state index in [9.17, 15) is 26.4 Å². The van der Waals surface area contributed by atoms with Crippen LogP contribution in [0.4, 0.5) is 13.2 Å². The molecule has 214 valence electrons. The molecule has 2 fully saturated rings. The number of hydrogen-bond donors (Lipinski definition) is 2. The lowest BCUT2D eigenvalue weighted by Crippen LogP contribution is -2.42. The summed E-state index contributed by atoms with van der Waals surface area (Å²) < 4.78 is 72.5. The highest BCUT2D eigenvalue weighted by Gasteiger charge is 2.34. The number of rotatable bonds is 12.